The predicted molar refractivity (Wildman–Crippen MR) is 126 cm³/mol. The number of hydrogen-bond donors (Lipinski definition) is 0. The van der Waals surface area contributed by atoms with Crippen LogP contribution in [-0.4, -0.2) is 31.6 Å². The van der Waals surface area contributed by atoms with Crippen molar-refractivity contribution in [2.75, 3.05) is 14.2 Å². The molecule has 0 unspecified atom stereocenters. The number of allylic oxidation sites excluding steroid dienone is 1. The average molecular weight is 429 g/mol. The normalized spacial score (nSPS) is 10.6. The van der Waals surface area contributed by atoms with Gasteiger partial charge in [-0.05, 0) is 96.3 Å². The Kier molecular flexibility index (Phi) is 15.2. The second-order valence-electron chi connectivity index (χ2n) is 6.86. The Morgan fingerprint density at radius 3 is 2.00 bits per heavy atom. The first-order chi connectivity index (χ1) is 12.3. The van der Waals surface area contributed by atoms with Gasteiger partial charge in [0.15, 0.2) is 17.4 Å². The van der Waals surface area contributed by atoms with E-state index in [0.29, 0.717) is 0 Å². The van der Waals surface area contributed by atoms with E-state index in [1.165, 1.54) is 30.0 Å². The van der Waals surface area contributed by atoms with E-state index in [2.05, 4.69) is 66.4 Å². The quantitative estimate of drug-likeness (QED) is 0.347. The first kappa shape index (κ1) is 25.5. The molecule has 0 aliphatic carbocycles. The zero-order valence-corrected chi connectivity index (χ0v) is 21.1. The van der Waals surface area contributed by atoms with Crippen molar-refractivity contribution >= 4 is 40.0 Å². The summed E-state index contributed by atoms with van der Waals surface area (Å²) in [5.41, 5.74) is 2.84. The molecule has 2 rings (SSSR count). The van der Waals surface area contributed by atoms with E-state index in [1.54, 1.807) is 29.8 Å². The molecule has 0 N–H and O–H groups in total. The van der Waals surface area contributed by atoms with Gasteiger partial charge < -0.3 is 8.85 Å². The molecular formula is C20H36O2S2Si2. The lowest BCUT2D eigenvalue weighted by Crippen LogP contribution is -2.28. The van der Waals surface area contributed by atoms with E-state index in [0.717, 1.165) is 6.42 Å². The SMILES string of the molecule is C=CCc1ccsc1.CO[SiH](C)C.CO[Si](C)(C)CCCc1ccsc1. The standard InChI is InChI=1S/C10H18OSSi.C7H8S.C3H10OSi/c1-11-13(2,3)8-4-5-10-6-7-12-9-10;1-2-3-7-4-5-8-6-7;1-4-5(2)3/h6-7,9H,4-5,8H2,1-3H3;2,4-6H,1,3H2;5H,1-3H3. The van der Waals surface area contributed by atoms with Crippen molar-refractivity contribution in [2.24, 2.45) is 0 Å². The first-order valence-electron chi connectivity index (χ1n) is 9.05. The van der Waals surface area contributed by atoms with E-state index < -0.39 is 17.4 Å². The smallest absolute Gasteiger partial charge is 0.186 e. The Hall–Kier alpha value is -0.506. The maximum absolute atomic E-state index is 5.50. The molecule has 0 amide bonds. The molecule has 0 aromatic carbocycles. The van der Waals surface area contributed by atoms with Crippen LogP contribution in [0.25, 0.3) is 0 Å². The van der Waals surface area contributed by atoms with E-state index in [4.69, 9.17) is 8.85 Å². The lowest BCUT2D eigenvalue weighted by molar-refractivity contribution is 0.402. The van der Waals surface area contributed by atoms with Gasteiger partial charge in [-0.1, -0.05) is 6.08 Å². The average Bonchev–Trinajstić information content (AvgIpc) is 3.30. The lowest BCUT2D eigenvalue weighted by atomic mass is 10.2. The lowest BCUT2D eigenvalue weighted by Gasteiger charge is -2.19. The van der Waals surface area contributed by atoms with Gasteiger partial charge in [-0.3, -0.25) is 0 Å². The predicted octanol–water partition coefficient (Wildman–Crippen LogP) is 6.63. The summed E-state index contributed by atoms with van der Waals surface area (Å²) in [7, 11) is 1.65. The zero-order valence-electron chi connectivity index (χ0n) is 17.3. The van der Waals surface area contributed by atoms with Gasteiger partial charge in [-0.25, -0.2) is 0 Å². The van der Waals surface area contributed by atoms with E-state index >= 15 is 0 Å². The maximum atomic E-state index is 5.50. The maximum Gasteiger partial charge on any atom is 0.186 e. The number of rotatable bonds is 8. The molecule has 0 atom stereocenters. The van der Waals surface area contributed by atoms with Gasteiger partial charge >= 0.3 is 0 Å². The Bertz CT molecular complexity index is 538. The van der Waals surface area contributed by atoms with Crippen LogP contribution in [0.3, 0.4) is 0 Å². The molecule has 0 aliphatic rings. The third kappa shape index (κ3) is 14.6. The fourth-order valence-corrected chi connectivity index (χ4v) is 4.45. The second-order valence-corrected chi connectivity index (χ2v) is 15.4. The van der Waals surface area contributed by atoms with Gasteiger partial charge in [-0.2, -0.15) is 22.7 Å². The van der Waals surface area contributed by atoms with Crippen LogP contribution >= 0.6 is 22.7 Å². The molecule has 0 saturated heterocycles. The van der Waals surface area contributed by atoms with Gasteiger partial charge in [0.1, 0.15) is 0 Å². The Morgan fingerprint density at radius 2 is 1.62 bits per heavy atom. The minimum atomic E-state index is -1.31. The molecule has 2 aromatic heterocycles. The summed E-state index contributed by atoms with van der Waals surface area (Å²) >= 11 is 3.52. The summed E-state index contributed by atoms with van der Waals surface area (Å²) in [4.78, 5) is 0. The summed E-state index contributed by atoms with van der Waals surface area (Å²) in [6, 6.07) is 5.59. The molecule has 0 saturated carbocycles. The molecule has 2 heterocycles. The highest BCUT2D eigenvalue weighted by atomic mass is 32.1. The molecule has 2 nitrogen and oxygen atoms in total. The van der Waals surface area contributed by atoms with Crippen molar-refractivity contribution < 1.29 is 8.85 Å². The summed E-state index contributed by atoms with van der Waals surface area (Å²) in [5.74, 6) is 0. The molecule has 0 bridgehead atoms. The van der Waals surface area contributed by atoms with Crippen LogP contribution < -0.4 is 0 Å². The molecule has 0 radical (unpaired) electrons. The molecule has 0 aliphatic heterocycles. The molecule has 0 fully saturated rings. The van der Waals surface area contributed by atoms with Crippen molar-refractivity contribution in [3.63, 3.8) is 0 Å². The minimum absolute atomic E-state index is 0.650. The van der Waals surface area contributed by atoms with Crippen LogP contribution in [0.4, 0.5) is 0 Å². The van der Waals surface area contributed by atoms with Crippen LogP contribution in [0.2, 0.25) is 32.2 Å². The van der Waals surface area contributed by atoms with Crippen LogP contribution in [0, 0.1) is 0 Å². The Labute approximate surface area is 171 Å². The number of thiophene rings is 2. The molecular weight excluding hydrogens is 393 g/mol. The van der Waals surface area contributed by atoms with Gasteiger partial charge in [0.2, 0.25) is 0 Å². The van der Waals surface area contributed by atoms with Crippen LogP contribution in [-0.2, 0) is 21.7 Å². The van der Waals surface area contributed by atoms with Crippen molar-refractivity contribution in [3.05, 3.63) is 57.4 Å². The van der Waals surface area contributed by atoms with Crippen molar-refractivity contribution in [1.82, 2.24) is 0 Å². The molecule has 0 spiro atoms. The molecule has 26 heavy (non-hydrogen) atoms. The zero-order chi connectivity index (χ0) is 19.8. The van der Waals surface area contributed by atoms with Crippen molar-refractivity contribution in [2.45, 2.75) is 51.5 Å². The molecule has 148 valence electrons. The van der Waals surface area contributed by atoms with E-state index in [-0.39, 0.29) is 0 Å². The molecule has 2 aromatic rings. The topological polar surface area (TPSA) is 18.5 Å². The summed E-state index contributed by atoms with van der Waals surface area (Å²) in [5, 5.41) is 8.61. The summed E-state index contributed by atoms with van der Waals surface area (Å²) in [6.45, 7) is 12.5. The highest BCUT2D eigenvalue weighted by molar-refractivity contribution is 7.08. The minimum Gasteiger partial charge on any atom is -0.424 e. The van der Waals surface area contributed by atoms with Gasteiger partial charge in [0, 0.05) is 14.2 Å². The van der Waals surface area contributed by atoms with Gasteiger partial charge in [-0.15, -0.1) is 6.58 Å². The number of hydrogen-bond acceptors (Lipinski definition) is 4. The summed E-state index contributed by atoms with van der Waals surface area (Å²) in [6.07, 6.45) is 5.40. The van der Waals surface area contributed by atoms with E-state index in [9.17, 15) is 0 Å². The first-order valence-corrected chi connectivity index (χ1v) is 16.8. The third-order valence-corrected chi connectivity index (χ3v) is 8.88. The second kappa shape index (κ2) is 15.5. The largest absolute Gasteiger partial charge is 0.424 e. The number of aryl methyl sites for hydroxylation is 1. The van der Waals surface area contributed by atoms with Crippen LogP contribution in [0.5, 0.6) is 0 Å². The fourth-order valence-electron chi connectivity index (χ4n) is 1.83. The summed E-state index contributed by atoms with van der Waals surface area (Å²) < 4.78 is 10.4. The fraction of sp³-hybridized carbons (Fsp3) is 0.500. The monoisotopic (exact) mass is 428 g/mol. The Balaban J connectivity index is 0.000000409. The Morgan fingerprint density at radius 1 is 1.08 bits per heavy atom. The van der Waals surface area contributed by atoms with Crippen molar-refractivity contribution in [1.29, 1.82) is 0 Å². The van der Waals surface area contributed by atoms with Crippen molar-refractivity contribution in [3.8, 4) is 0 Å². The highest BCUT2D eigenvalue weighted by Crippen LogP contribution is 2.16. The highest BCUT2D eigenvalue weighted by Gasteiger charge is 2.19. The van der Waals surface area contributed by atoms with E-state index in [1.807, 2.05) is 13.2 Å². The van der Waals surface area contributed by atoms with Gasteiger partial charge in [0.05, 0.1) is 0 Å². The van der Waals surface area contributed by atoms with Crippen LogP contribution in [0.1, 0.15) is 17.5 Å². The third-order valence-electron chi connectivity index (χ3n) is 3.81. The molecule has 6 heteroatoms. The van der Waals surface area contributed by atoms with Crippen LogP contribution in [0.15, 0.2) is 46.3 Å². The van der Waals surface area contributed by atoms with Gasteiger partial charge in [0.25, 0.3) is 0 Å².